The molecule has 2 aromatic heterocycles. The molecular weight excluding hydrogens is 285 g/mol. The largest absolute Gasteiger partial charge is 0.737 e. The predicted octanol–water partition coefficient (Wildman–Crippen LogP) is 2.23. The molecule has 0 aromatic carbocycles. The van der Waals surface area contributed by atoms with Gasteiger partial charge in [0.1, 0.15) is 11.9 Å². The third kappa shape index (κ3) is 1.82. The summed E-state index contributed by atoms with van der Waals surface area (Å²) in [5, 5.41) is 3.25. The molecule has 0 spiro atoms. The molecule has 4 heterocycles. The Kier molecular flexibility index (Phi) is 2.75. The van der Waals surface area contributed by atoms with Crippen LogP contribution in [-0.4, -0.2) is 27.1 Å². The summed E-state index contributed by atoms with van der Waals surface area (Å²) in [7, 11) is 0. The highest BCUT2D eigenvalue weighted by molar-refractivity contribution is 6.57. The van der Waals surface area contributed by atoms with Crippen LogP contribution in [0.3, 0.4) is 0 Å². The normalized spacial score (nSPS) is 18.0. The van der Waals surface area contributed by atoms with E-state index in [1.54, 1.807) is 30.5 Å². The van der Waals surface area contributed by atoms with Gasteiger partial charge in [-0.3, -0.25) is 4.98 Å². The van der Waals surface area contributed by atoms with Crippen molar-refractivity contribution in [2.75, 3.05) is 0 Å². The van der Waals surface area contributed by atoms with Gasteiger partial charge in [0.2, 0.25) is 0 Å². The highest BCUT2D eigenvalue weighted by Crippen LogP contribution is 2.33. The van der Waals surface area contributed by atoms with Crippen LogP contribution >= 0.6 is 0 Å². The van der Waals surface area contributed by atoms with Crippen LogP contribution in [0.5, 0.6) is 0 Å². The first-order valence-corrected chi connectivity index (χ1v) is 7.05. The number of allylic oxidation sites excluding steroid dienone is 2. The van der Waals surface area contributed by atoms with E-state index in [0.717, 1.165) is 14.7 Å². The fourth-order valence-corrected chi connectivity index (χ4v) is 2.88. The molecule has 2 aliphatic heterocycles. The highest BCUT2D eigenvalue weighted by atomic mass is 19.2. The summed E-state index contributed by atoms with van der Waals surface area (Å²) < 4.78 is 31.1. The van der Waals surface area contributed by atoms with Crippen molar-refractivity contribution in [1.29, 1.82) is 0 Å². The average molecular weight is 298 g/mol. The Labute approximate surface area is 126 Å². The Morgan fingerprint density at radius 2 is 2.14 bits per heavy atom. The van der Waals surface area contributed by atoms with E-state index in [0.29, 0.717) is 23.6 Å². The van der Waals surface area contributed by atoms with Crippen molar-refractivity contribution in [3.05, 3.63) is 72.0 Å². The van der Waals surface area contributed by atoms with Crippen LogP contribution in [0.2, 0.25) is 0 Å². The van der Waals surface area contributed by atoms with Crippen LogP contribution in [-0.2, 0) is 6.54 Å². The lowest BCUT2D eigenvalue weighted by molar-refractivity contribution is -0.356. The van der Waals surface area contributed by atoms with Gasteiger partial charge in [-0.2, -0.15) is 0 Å². The van der Waals surface area contributed by atoms with Crippen molar-refractivity contribution in [2.45, 2.75) is 6.54 Å². The molecule has 2 aromatic rings. The molecule has 110 valence electrons. The van der Waals surface area contributed by atoms with Gasteiger partial charge in [0.05, 0.1) is 12.2 Å². The van der Waals surface area contributed by atoms with Gasteiger partial charge < -0.3 is 22.9 Å². The minimum absolute atomic E-state index is 0.477. The molecule has 0 fully saturated rings. The average Bonchev–Trinajstić information content (AvgIpc) is 3.18. The van der Waals surface area contributed by atoms with Crippen molar-refractivity contribution in [3.63, 3.8) is 0 Å². The Morgan fingerprint density at radius 3 is 2.95 bits per heavy atom. The summed E-state index contributed by atoms with van der Waals surface area (Å²) in [5.41, 5.74) is 2.53. The van der Waals surface area contributed by atoms with Gasteiger partial charge in [-0.25, -0.2) is 0 Å². The van der Waals surface area contributed by atoms with Gasteiger partial charge in [0, 0.05) is 24.0 Å². The first-order chi connectivity index (χ1) is 10.7. The van der Waals surface area contributed by atoms with E-state index in [4.69, 9.17) is 0 Å². The maximum atomic E-state index is 14.5. The molecule has 0 amide bonds. The van der Waals surface area contributed by atoms with Crippen molar-refractivity contribution < 1.29 is 13.1 Å². The van der Waals surface area contributed by atoms with Crippen LogP contribution in [0.4, 0.5) is 8.63 Å². The number of hydrogen-bond acceptors (Lipinski definition) is 2. The van der Waals surface area contributed by atoms with E-state index >= 15 is 0 Å². The second kappa shape index (κ2) is 4.66. The Hall–Kier alpha value is -2.70. The molecule has 2 aliphatic rings. The zero-order valence-corrected chi connectivity index (χ0v) is 11.7. The van der Waals surface area contributed by atoms with E-state index in [9.17, 15) is 8.63 Å². The predicted molar refractivity (Wildman–Crippen MR) is 81.3 cm³/mol. The second-order valence-corrected chi connectivity index (χ2v) is 5.24. The molecule has 22 heavy (non-hydrogen) atoms. The summed E-state index contributed by atoms with van der Waals surface area (Å²) in [6.45, 7) is -3.35. The molecule has 7 heteroatoms. The molecular formula is C15H13BF2N4. The lowest BCUT2D eigenvalue weighted by Crippen LogP contribution is -2.50. The number of pyridine rings is 1. The third-order valence-electron chi connectivity index (χ3n) is 3.91. The zero-order chi connectivity index (χ0) is 15.2. The van der Waals surface area contributed by atoms with Gasteiger partial charge in [-0.15, -0.1) is 0 Å². The minimum atomic E-state index is -3.83. The Balaban J connectivity index is 1.75. The smallest absolute Gasteiger partial charge is 0.395 e. The maximum absolute atomic E-state index is 14.5. The molecule has 1 N–H and O–H groups in total. The minimum Gasteiger partial charge on any atom is -0.395 e. The van der Waals surface area contributed by atoms with Crippen LogP contribution in [0, 0.1) is 0 Å². The van der Waals surface area contributed by atoms with Gasteiger partial charge in [-0.05, 0) is 30.5 Å². The molecule has 0 saturated carbocycles. The second-order valence-electron chi connectivity index (χ2n) is 5.24. The summed E-state index contributed by atoms with van der Waals surface area (Å²) in [6, 6.07) is 8.98. The van der Waals surface area contributed by atoms with Crippen molar-refractivity contribution in [1.82, 2.24) is 14.8 Å². The number of nitrogens with zero attached hydrogens (tertiary/aromatic N) is 3. The van der Waals surface area contributed by atoms with E-state index in [1.807, 2.05) is 18.2 Å². The lowest BCUT2D eigenvalue weighted by Gasteiger charge is -2.30. The lowest BCUT2D eigenvalue weighted by atomic mass is 9.91. The fraction of sp³-hybridized carbons (Fsp3) is 0.0667. The van der Waals surface area contributed by atoms with E-state index in [2.05, 4.69) is 10.3 Å². The molecule has 4 nitrogen and oxygen atoms in total. The molecule has 0 bridgehead atoms. The van der Waals surface area contributed by atoms with Gasteiger partial charge in [0.15, 0.2) is 5.70 Å². The van der Waals surface area contributed by atoms with Crippen molar-refractivity contribution >= 4 is 18.9 Å². The Morgan fingerprint density at radius 1 is 1.23 bits per heavy atom. The summed E-state index contributed by atoms with van der Waals surface area (Å²) in [5.74, 6) is 0. The monoisotopic (exact) mass is 298 g/mol. The van der Waals surface area contributed by atoms with E-state index in [1.165, 1.54) is 12.4 Å². The van der Waals surface area contributed by atoms with Gasteiger partial charge in [-0.1, -0.05) is 6.07 Å². The first-order valence-electron chi connectivity index (χ1n) is 7.05. The Bertz CT molecular complexity index is 821. The number of fused-ring (bicyclic) bond motifs is 2. The molecule has 0 atom stereocenters. The molecule has 0 radical (unpaired) electrons. The number of aromatic nitrogens is 2. The summed E-state index contributed by atoms with van der Waals surface area (Å²) >= 11 is 0. The maximum Gasteiger partial charge on any atom is 0.737 e. The summed E-state index contributed by atoms with van der Waals surface area (Å²) in [6.07, 6.45) is 7.89. The topological polar surface area (TPSA) is 32.9 Å². The standard InChI is InChI=1S/C15H13BF2N4/c17-16(18)21-9-3-6-13(21)15(14-7-4-10-22(14)16)20-11-12-5-1-2-8-19-12/h1-10,20H,11H2. The van der Waals surface area contributed by atoms with Gasteiger partial charge in [0.25, 0.3) is 0 Å². The van der Waals surface area contributed by atoms with Crippen LogP contribution in [0.1, 0.15) is 11.4 Å². The molecule has 4 rings (SSSR count). The molecule has 0 saturated heterocycles. The van der Waals surface area contributed by atoms with E-state index < -0.39 is 6.97 Å². The fourth-order valence-electron chi connectivity index (χ4n) is 2.88. The highest BCUT2D eigenvalue weighted by Gasteiger charge is 2.51. The third-order valence-corrected chi connectivity index (χ3v) is 3.91. The summed E-state index contributed by atoms with van der Waals surface area (Å²) in [4.78, 5) is 4.25. The van der Waals surface area contributed by atoms with Crippen LogP contribution in [0.15, 0.2) is 60.6 Å². The zero-order valence-electron chi connectivity index (χ0n) is 11.7. The number of halogens is 2. The van der Waals surface area contributed by atoms with Gasteiger partial charge >= 0.3 is 6.97 Å². The number of nitrogens with one attached hydrogen (secondary N) is 1. The first kappa shape index (κ1) is 13.0. The van der Waals surface area contributed by atoms with Crippen LogP contribution < -0.4 is 5.32 Å². The molecule has 0 aliphatic carbocycles. The SMILES string of the molecule is F[B-]1(F)n2cccc2C(NCc2ccccn2)=C2C=CC=[N+]21. The molecule has 0 unspecified atom stereocenters. The van der Waals surface area contributed by atoms with E-state index in [-0.39, 0.29) is 0 Å². The van der Waals surface area contributed by atoms with Crippen LogP contribution in [0.25, 0.3) is 5.70 Å². The van der Waals surface area contributed by atoms with Crippen molar-refractivity contribution in [3.8, 4) is 0 Å². The number of hydrogen-bond donors (Lipinski definition) is 1. The number of rotatable bonds is 3. The quantitative estimate of drug-likeness (QED) is 0.882. The van der Waals surface area contributed by atoms with Crippen molar-refractivity contribution in [2.24, 2.45) is 0 Å².